The normalized spacial score (nSPS) is 21.7. The van der Waals surface area contributed by atoms with Gasteiger partial charge in [-0.25, -0.2) is 0 Å². The maximum atomic E-state index is 8.90. The van der Waals surface area contributed by atoms with Crippen molar-refractivity contribution in [1.82, 2.24) is 5.32 Å². The summed E-state index contributed by atoms with van der Waals surface area (Å²) in [4.78, 5) is 1.33. The zero-order valence-electron chi connectivity index (χ0n) is 9.12. The molecule has 3 rings (SSSR count). The van der Waals surface area contributed by atoms with Crippen molar-refractivity contribution >= 4 is 11.8 Å². The van der Waals surface area contributed by atoms with E-state index in [4.69, 9.17) is 5.26 Å². The van der Waals surface area contributed by atoms with Gasteiger partial charge >= 0.3 is 0 Å². The van der Waals surface area contributed by atoms with E-state index in [0.717, 1.165) is 18.7 Å². The molecular weight excluding hydrogens is 216 g/mol. The lowest BCUT2D eigenvalue weighted by molar-refractivity contribution is 0.417. The summed E-state index contributed by atoms with van der Waals surface area (Å²) < 4.78 is 0.418. The zero-order valence-corrected chi connectivity index (χ0v) is 9.94. The number of thioether (sulfide) groups is 1. The maximum absolute atomic E-state index is 8.90. The molecule has 0 amide bonds. The number of nitrogens with zero attached hydrogens (tertiary/aromatic N) is 1. The molecular formula is C13H14N2S. The van der Waals surface area contributed by atoms with Crippen LogP contribution in [-0.2, 0) is 6.42 Å². The molecule has 1 saturated heterocycles. The molecule has 2 aliphatic rings. The molecule has 16 heavy (non-hydrogen) atoms. The first kappa shape index (κ1) is 10.2. The number of piperidine rings is 1. The van der Waals surface area contributed by atoms with E-state index < -0.39 is 0 Å². The summed E-state index contributed by atoms with van der Waals surface area (Å²) in [6.07, 6.45) is 3.67. The molecule has 0 aromatic heterocycles. The van der Waals surface area contributed by atoms with E-state index in [1.807, 2.05) is 17.8 Å². The van der Waals surface area contributed by atoms with Crippen LogP contribution in [0.3, 0.4) is 0 Å². The number of hydrogen-bond acceptors (Lipinski definition) is 3. The Morgan fingerprint density at radius 1 is 1.31 bits per heavy atom. The topological polar surface area (TPSA) is 35.8 Å². The van der Waals surface area contributed by atoms with Gasteiger partial charge < -0.3 is 5.32 Å². The highest BCUT2D eigenvalue weighted by molar-refractivity contribution is 8.01. The Kier molecular flexibility index (Phi) is 2.42. The van der Waals surface area contributed by atoms with Gasteiger partial charge in [-0.2, -0.15) is 5.26 Å². The van der Waals surface area contributed by atoms with E-state index in [-0.39, 0.29) is 0 Å². The third-order valence-corrected chi connectivity index (χ3v) is 5.14. The number of benzene rings is 1. The fraction of sp³-hybridized carbons (Fsp3) is 0.462. The molecule has 1 N–H and O–H groups in total. The van der Waals surface area contributed by atoms with Crippen molar-refractivity contribution in [1.29, 1.82) is 5.26 Å². The van der Waals surface area contributed by atoms with Crippen LogP contribution in [0.15, 0.2) is 23.1 Å². The molecule has 0 atom stereocenters. The quantitative estimate of drug-likeness (QED) is 0.743. The smallest absolute Gasteiger partial charge is 0.0992 e. The molecule has 2 nitrogen and oxygen atoms in total. The monoisotopic (exact) mass is 230 g/mol. The van der Waals surface area contributed by atoms with Crippen molar-refractivity contribution in [2.24, 2.45) is 0 Å². The van der Waals surface area contributed by atoms with Crippen molar-refractivity contribution in [2.75, 3.05) is 13.1 Å². The molecule has 82 valence electrons. The minimum atomic E-state index is 0.418. The third kappa shape index (κ3) is 1.63. The first-order chi connectivity index (χ1) is 7.81. The van der Waals surface area contributed by atoms with Crippen molar-refractivity contribution in [3.63, 3.8) is 0 Å². The average molecular weight is 230 g/mol. The average Bonchev–Trinajstić information content (AvgIpc) is 2.66. The van der Waals surface area contributed by atoms with E-state index in [0.29, 0.717) is 4.75 Å². The number of fused-ring (bicyclic) bond motifs is 1. The number of nitriles is 1. The van der Waals surface area contributed by atoms with Gasteiger partial charge in [-0.3, -0.25) is 0 Å². The van der Waals surface area contributed by atoms with Crippen LogP contribution in [0.4, 0.5) is 0 Å². The Morgan fingerprint density at radius 2 is 2.12 bits per heavy atom. The third-order valence-electron chi connectivity index (χ3n) is 3.55. The van der Waals surface area contributed by atoms with Gasteiger partial charge in [0.2, 0.25) is 0 Å². The highest BCUT2D eigenvalue weighted by Gasteiger charge is 2.38. The Labute approximate surface area is 100 Å². The van der Waals surface area contributed by atoms with Gasteiger partial charge in [0, 0.05) is 9.64 Å². The van der Waals surface area contributed by atoms with Crippen molar-refractivity contribution in [3.05, 3.63) is 29.3 Å². The van der Waals surface area contributed by atoms with Crippen molar-refractivity contribution in [2.45, 2.75) is 28.9 Å². The zero-order chi connectivity index (χ0) is 11.0. The lowest BCUT2D eigenvalue weighted by Gasteiger charge is -2.32. The standard InChI is InChI=1S/C13H14N2S/c14-9-10-1-2-11-8-13(16-12(11)7-10)3-5-15-6-4-13/h1-2,7,15H,3-6,8H2. The van der Waals surface area contributed by atoms with Gasteiger partial charge in [0.15, 0.2) is 0 Å². The summed E-state index contributed by atoms with van der Waals surface area (Å²) in [5.74, 6) is 0. The summed E-state index contributed by atoms with van der Waals surface area (Å²) in [5.41, 5.74) is 2.23. The van der Waals surface area contributed by atoms with Gasteiger partial charge in [0.1, 0.15) is 0 Å². The van der Waals surface area contributed by atoms with Crippen LogP contribution in [0.1, 0.15) is 24.0 Å². The molecule has 1 spiro atoms. The molecule has 0 unspecified atom stereocenters. The second-order valence-electron chi connectivity index (χ2n) is 4.65. The largest absolute Gasteiger partial charge is 0.317 e. The summed E-state index contributed by atoms with van der Waals surface area (Å²) in [5, 5.41) is 12.3. The van der Waals surface area contributed by atoms with Crippen LogP contribution in [0, 0.1) is 11.3 Å². The summed E-state index contributed by atoms with van der Waals surface area (Å²) in [6.45, 7) is 2.26. The molecule has 0 bridgehead atoms. The molecule has 2 heterocycles. The van der Waals surface area contributed by atoms with Gasteiger partial charge in [-0.05, 0) is 50.0 Å². The van der Waals surface area contributed by atoms with E-state index in [1.165, 1.54) is 29.7 Å². The molecule has 0 aliphatic carbocycles. The second kappa shape index (κ2) is 3.80. The minimum Gasteiger partial charge on any atom is -0.317 e. The fourth-order valence-electron chi connectivity index (χ4n) is 2.64. The van der Waals surface area contributed by atoms with E-state index >= 15 is 0 Å². The number of hydrogen-bond donors (Lipinski definition) is 1. The van der Waals surface area contributed by atoms with E-state index in [9.17, 15) is 0 Å². The highest BCUT2D eigenvalue weighted by Crippen LogP contribution is 2.49. The van der Waals surface area contributed by atoms with Crippen LogP contribution in [0.5, 0.6) is 0 Å². The first-order valence-electron chi connectivity index (χ1n) is 5.74. The number of nitrogens with one attached hydrogen (secondary N) is 1. The van der Waals surface area contributed by atoms with Gasteiger partial charge in [0.25, 0.3) is 0 Å². The van der Waals surface area contributed by atoms with Crippen LogP contribution >= 0.6 is 11.8 Å². The van der Waals surface area contributed by atoms with Gasteiger partial charge in [-0.15, -0.1) is 11.8 Å². The molecule has 0 saturated carbocycles. The summed E-state index contributed by atoms with van der Waals surface area (Å²) in [6, 6.07) is 8.36. The minimum absolute atomic E-state index is 0.418. The highest BCUT2D eigenvalue weighted by atomic mass is 32.2. The Hall–Kier alpha value is -0.980. The van der Waals surface area contributed by atoms with Gasteiger partial charge in [0.05, 0.1) is 11.6 Å². The predicted molar refractivity (Wildman–Crippen MR) is 65.6 cm³/mol. The van der Waals surface area contributed by atoms with Crippen LogP contribution in [-0.4, -0.2) is 17.8 Å². The Balaban J connectivity index is 1.91. The molecule has 3 heteroatoms. The lowest BCUT2D eigenvalue weighted by Crippen LogP contribution is -2.39. The Bertz CT molecular complexity index is 455. The first-order valence-corrected chi connectivity index (χ1v) is 6.56. The lowest BCUT2D eigenvalue weighted by atomic mass is 9.90. The van der Waals surface area contributed by atoms with Gasteiger partial charge in [-0.1, -0.05) is 6.07 Å². The SMILES string of the molecule is N#Cc1ccc2c(c1)SC1(CCNCC1)C2. The second-order valence-corrected chi connectivity index (χ2v) is 6.16. The molecule has 1 fully saturated rings. The maximum Gasteiger partial charge on any atom is 0.0992 e. The van der Waals surface area contributed by atoms with E-state index in [1.54, 1.807) is 0 Å². The number of rotatable bonds is 0. The van der Waals surface area contributed by atoms with Crippen LogP contribution < -0.4 is 5.32 Å². The molecule has 2 aliphatic heterocycles. The predicted octanol–water partition coefficient (Wildman–Crippen LogP) is 2.33. The molecule has 0 radical (unpaired) electrons. The summed E-state index contributed by atoms with van der Waals surface area (Å²) >= 11 is 2.00. The van der Waals surface area contributed by atoms with Crippen LogP contribution in [0.2, 0.25) is 0 Å². The van der Waals surface area contributed by atoms with E-state index in [2.05, 4.69) is 23.5 Å². The van der Waals surface area contributed by atoms with Crippen LogP contribution in [0.25, 0.3) is 0 Å². The van der Waals surface area contributed by atoms with Crippen molar-refractivity contribution < 1.29 is 0 Å². The summed E-state index contributed by atoms with van der Waals surface area (Å²) in [7, 11) is 0. The van der Waals surface area contributed by atoms with Crippen molar-refractivity contribution in [3.8, 4) is 6.07 Å². The molecule has 1 aromatic rings. The molecule has 1 aromatic carbocycles. The fourth-order valence-corrected chi connectivity index (χ4v) is 4.20. The Morgan fingerprint density at radius 3 is 2.88 bits per heavy atom.